The Morgan fingerprint density at radius 2 is 2.10 bits per heavy atom. The SMILES string of the molecule is CC1=CC=CC(C)=C(N)C1. The third kappa shape index (κ3) is 1.50. The topological polar surface area (TPSA) is 26.0 Å². The molecule has 0 saturated heterocycles. The summed E-state index contributed by atoms with van der Waals surface area (Å²) in [5, 5.41) is 0. The van der Waals surface area contributed by atoms with Gasteiger partial charge in [0.2, 0.25) is 0 Å². The molecule has 0 aliphatic heterocycles. The molecule has 0 radical (unpaired) electrons. The molecule has 1 aliphatic carbocycles. The Labute approximate surface area is 61.9 Å². The van der Waals surface area contributed by atoms with Crippen molar-refractivity contribution in [2.75, 3.05) is 0 Å². The maximum absolute atomic E-state index is 5.76. The second kappa shape index (κ2) is 2.74. The van der Waals surface area contributed by atoms with Crippen LogP contribution in [-0.2, 0) is 0 Å². The van der Waals surface area contributed by atoms with E-state index in [4.69, 9.17) is 5.73 Å². The predicted octanol–water partition coefficient (Wildman–Crippen LogP) is 2.13. The molecule has 0 heterocycles. The highest BCUT2D eigenvalue weighted by Crippen LogP contribution is 2.14. The fraction of sp³-hybridized carbons (Fsp3) is 0.333. The minimum atomic E-state index is 0.916. The van der Waals surface area contributed by atoms with Crippen molar-refractivity contribution in [1.29, 1.82) is 0 Å². The normalized spacial score (nSPS) is 18.8. The first kappa shape index (κ1) is 7.13. The molecule has 1 nitrogen and oxygen atoms in total. The summed E-state index contributed by atoms with van der Waals surface area (Å²) in [5.41, 5.74) is 9.26. The van der Waals surface area contributed by atoms with E-state index in [-0.39, 0.29) is 0 Å². The van der Waals surface area contributed by atoms with E-state index in [1.54, 1.807) is 0 Å². The minimum Gasteiger partial charge on any atom is -0.402 e. The van der Waals surface area contributed by atoms with E-state index in [1.807, 2.05) is 19.1 Å². The first-order chi connectivity index (χ1) is 4.70. The van der Waals surface area contributed by atoms with E-state index in [0.717, 1.165) is 12.1 Å². The molecule has 0 aromatic rings. The third-order valence-electron chi connectivity index (χ3n) is 1.70. The Bertz CT molecular complexity index is 219. The average molecular weight is 135 g/mol. The van der Waals surface area contributed by atoms with E-state index in [1.165, 1.54) is 11.1 Å². The van der Waals surface area contributed by atoms with E-state index in [9.17, 15) is 0 Å². The molecule has 0 aromatic heterocycles. The predicted molar refractivity (Wildman–Crippen MR) is 44.4 cm³/mol. The average Bonchev–Trinajstić information content (AvgIpc) is 1.96. The lowest BCUT2D eigenvalue weighted by molar-refractivity contribution is 1.06. The lowest BCUT2D eigenvalue weighted by Crippen LogP contribution is -1.99. The fourth-order valence-electron chi connectivity index (χ4n) is 0.963. The summed E-state index contributed by atoms with van der Waals surface area (Å²) in [6, 6.07) is 0. The number of allylic oxidation sites excluding steroid dienone is 5. The second-order valence-corrected chi connectivity index (χ2v) is 2.76. The molecule has 54 valence electrons. The first-order valence-corrected chi connectivity index (χ1v) is 3.49. The van der Waals surface area contributed by atoms with Gasteiger partial charge in [-0.15, -0.1) is 0 Å². The van der Waals surface area contributed by atoms with Gasteiger partial charge in [0.1, 0.15) is 0 Å². The van der Waals surface area contributed by atoms with Gasteiger partial charge in [0, 0.05) is 12.1 Å². The van der Waals surface area contributed by atoms with Gasteiger partial charge >= 0.3 is 0 Å². The van der Waals surface area contributed by atoms with Crippen molar-refractivity contribution in [3.05, 3.63) is 35.1 Å². The molecule has 10 heavy (non-hydrogen) atoms. The Hall–Kier alpha value is -0.980. The Balaban J connectivity index is 2.90. The zero-order valence-corrected chi connectivity index (χ0v) is 6.52. The molecule has 2 N–H and O–H groups in total. The molecule has 0 bridgehead atoms. The number of rotatable bonds is 0. The molecule has 0 atom stereocenters. The van der Waals surface area contributed by atoms with Crippen molar-refractivity contribution in [3.8, 4) is 0 Å². The van der Waals surface area contributed by atoms with Crippen LogP contribution in [0.25, 0.3) is 0 Å². The standard InChI is InChI=1S/C9H13N/c1-7-4-3-5-8(2)9(10)6-7/h3-5H,6,10H2,1-2H3. The number of hydrogen-bond donors (Lipinski definition) is 1. The van der Waals surface area contributed by atoms with Gasteiger partial charge in [-0.1, -0.05) is 23.8 Å². The number of nitrogens with two attached hydrogens (primary N) is 1. The first-order valence-electron chi connectivity index (χ1n) is 3.49. The van der Waals surface area contributed by atoms with Gasteiger partial charge in [-0.05, 0) is 19.4 Å². The van der Waals surface area contributed by atoms with Crippen LogP contribution in [0.15, 0.2) is 35.1 Å². The van der Waals surface area contributed by atoms with E-state index in [0.29, 0.717) is 0 Å². The quantitative estimate of drug-likeness (QED) is 0.541. The van der Waals surface area contributed by atoms with Gasteiger partial charge < -0.3 is 5.73 Å². The summed E-state index contributed by atoms with van der Waals surface area (Å²) in [4.78, 5) is 0. The van der Waals surface area contributed by atoms with Crippen molar-refractivity contribution in [1.82, 2.24) is 0 Å². The van der Waals surface area contributed by atoms with Crippen LogP contribution < -0.4 is 5.73 Å². The minimum absolute atomic E-state index is 0.916. The smallest absolute Gasteiger partial charge is 0.0151 e. The maximum atomic E-state index is 5.76. The zero-order chi connectivity index (χ0) is 7.56. The lowest BCUT2D eigenvalue weighted by atomic mass is 10.1. The van der Waals surface area contributed by atoms with Crippen LogP contribution in [0.3, 0.4) is 0 Å². The second-order valence-electron chi connectivity index (χ2n) is 2.76. The third-order valence-corrected chi connectivity index (χ3v) is 1.70. The summed E-state index contributed by atoms with van der Waals surface area (Å²) in [5.74, 6) is 0. The van der Waals surface area contributed by atoms with Gasteiger partial charge in [-0.2, -0.15) is 0 Å². The van der Waals surface area contributed by atoms with Crippen molar-refractivity contribution >= 4 is 0 Å². The van der Waals surface area contributed by atoms with E-state index >= 15 is 0 Å². The molecular weight excluding hydrogens is 122 g/mol. The molecule has 0 amide bonds. The van der Waals surface area contributed by atoms with Gasteiger partial charge in [0.05, 0.1) is 0 Å². The van der Waals surface area contributed by atoms with Gasteiger partial charge in [-0.3, -0.25) is 0 Å². The molecule has 0 saturated carbocycles. The van der Waals surface area contributed by atoms with E-state index in [2.05, 4.69) is 13.0 Å². The van der Waals surface area contributed by atoms with Gasteiger partial charge in [0.15, 0.2) is 0 Å². The lowest BCUT2D eigenvalue weighted by Gasteiger charge is -2.00. The highest BCUT2D eigenvalue weighted by Gasteiger charge is 1.98. The molecule has 0 aromatic carbocycles. The molecule has 0 spiro atoms. The van der Waals surface area contributed by atoms with Crippen molar-refractivity contribution in [2.24, 2.45) is 5.73 Å². The van der Waals surface area contributed by atoms with Crippen molar-refractivity contribution in [3.63, 3.8) is 0 Å². The maximum Gasteiger partial charge on any atom is 0.0151 e. The molecule has 1 aliphatic rings. The summed E-state index contributed by atoms with van der Waals surface area (Å²) >= 11 is 0. The Morgan fingerprint density at radius 3 is 2.80 bits per heavy atom. The summed E-state index contributed by atoms with van der Waals surface area (Å²) in [7, 11) is 0. The van der Waals surface area contributed by atoms with E-state index < -0.39 is 0 Å². The monoisotopic (exact) mass is 135 g/mol. The van der Waals surface area contributed by atoms with Crippen LogP contribution in [0.2, 0.25) is 0 Å². The molecule has 0 unspecified atom stereocenters. The summed E-state index contributed by atoms with van der Waals surface area (Å²) in [6.07, 6.45) is 7.11. The summed E-state index contributed by atoms with van der Waals surface area (Å²) < 4.78 is 0. The van der Waals surface area contributed by atoms with Crippen LogP contribution in [0, 0.1) is 0 Å². The Morgan fingerprint density at radius 1 is 1.40 bits per heavy atom. The highest BCUT2D eigenvalue weighted by molar-refractivity contribution is 5.32. The van der Waals surface area contributed by atoms with Gasteiger partial charge in [-0.25, -0.2) is 0 Å². The van der Waals surface area contributed by atoms with Crippen LogP contribution in [0.1, 0.15) is 20.3 Å². The van der Waals surface area contributed by atoms with Crippen molar-refractivity contribution < 1.29 is 0 Å². The summed E-state index contributed by atoms with van der Waals surface area (Å²) in [6.45, 7) is 4.13. The molecule has 1 heteroatoms. The number of hydrogen-bond acceptors (Lipinski definition) is 1. The van der Waals surface area contributed by atoms with Crippen LogP contribution in [0.4, 0.5) is 0 Å². The van der Waals surface area contributed by atoms with Crippen LogP contribution in [-0.4, -0.2) is 0 Å². The molecular formula is C9H13N. The van der Waals surface area contributed by atoms with Crippen LogP contribution in [0.5, 0.6) is 0 Å². The molecule has 0 fully saturated rings. The highest BCUT2D eigenvalue weighted by atomic mass is 14.6. The fourth-order valence-corrected chi connectivity index (χ4v) is 0.963. The zero-order valence-electron chi connectivity index (χ0n) is 6.52. The molecule has 1 rings (SSSR count). The van der Waals surface area contributed by atoms with Gasteiger partial charge in [0.25, 0.3) is 0 Å². The van der Waals surface area contributed by atoms with Crippen LogP contribution >= 0.6 is 0 Å². The van der Waals surface area contributed by atoms with Crippen molar-refractivity contribution in [2.45, 2.75) is 20.3 Å². The largest absolute Gasteiger partial charge is 0.402 e. The Kier molecular flexibility index (Phi) is 1.95.